The van der Waals surface area contributed by atoms with E-state index in [-0.39, 0.29) is 17.3 Å². The van der Waals surface area contributed by atoms with Crippen molar-refractivity contribution in [1.29, 1.82) is 0 Å². The Kier molecular flexibility index (Phi) is 6.20. The molecule has 0 aliphatic rings. The van der Waals surface area contributed by atoms with Crippen molar-refractivity contribution in [1.82, 2.24) is 5.32 Å². The Bertz CT molecular complexity index is 807. The molecule has 0 bridgehead atoms. The standard InChI is InChI=1S/C17H13ClF4N2O2/c18-13-6-3-11(17(20,21)22)9-14(13)24-16(26)15(25)23-8-7-10-1-4-12(19)5-2-10/h1-6,9H,7-8H2,(H,23,25)(H,24,26). The number of carbonyl (C=O) groups is 2. The Hall–Kier alpha value is -2.61. The lowest BCUT2D eigenvalue weighted by Crippen LogP contribution is -2.36. The minimum Gasteiger partial charge on any atom is -0.347 e. The van der Waals surface area contributed by atoms with E-state index < -0.39 is 29.4 Å². The topological polar surface area (TPSA) is 58.2 Å². The number of hydrogen-bond acceptors (Lipinski definition) is 2. The first-order valence-electron chi connectivity index (χ1n) is 7.37. The van der Waals surface area contributed by atoms with Crippen LogP contribution < -0.4 is 10.6 Å². The van der Waals surface area contributed by atoms with Gasteiger partial charge < -0.3 is 10.6 Å². The minimum atomic E-state index is -4.61. The average molecular weight is 389 g/mol. The van der Waals surface area contributed by atoms with Crippen molar-refractivity contribution in [2.45, 2.75) is 12.6 Å². The second kappa shape index (κ2) is 8.18. The number of rotatable bonds is 4. The van der Waals surface area contributed by atoms with E-state index in [4.69, 9.17) is 11.6 Å². The molecule has 138 valence electrons. The smallest absolute Gasteiger partial charge is 0.347 e. The third-order valence-corrected chi connectivity index (χ3v) is 3.69. The summed E-state index contributed by atoms with van der Waals surface area (Å²) in [6.07, 6.45) is -4.26. The molecule has 2 aromatic rings. The van der Waals surface area contributed by atoms with Crippen LogP contribution in [0.5, 0.6) is 0 Å². The summed E-state index contributed by atoms with van der Waals surface area (Å²) in [5.41, 5.74) is -0.581. The number of hydrogen-bond donors (Lipinski definition) is 2. The van der Waals surface area contributed by atoms with Crippen molar-refractivity contribution >= 4 is 29.1 Å². The highest BCUT2D eigenvalue weighted by Gasteiger charge is 2.31. The number of anilines is 1. The molecule has 2 aromatic carbocycles. The number of nitrogens with one attached hydrogen (secondary N) is 2. The first kappa shape index (κ1) is 19.7. The van der Waals surface area contributed by atoms with Crippen LogP contribution in [0.1, 0.15) is 11.1 Å². The molecule has 2 N–H and O–H groups in total. The van der Waals surface area contributed by atoms with Gasteiger partial charge >= 0.3 is 18.0 Å². The van der Waals surface area contributed by atoms with Crippen LogP contribution >= 0.6 is 11.6 Å². The van der Waals surface area contributed by atoms with Gasteiger partial charge in [-0.05, 0) is 42.3 Å². The molecule has 0 saturated carbocycles. The molecule has 0 aromatic heterocycles. The maximum Gasteiger partial charge on any atom is 0.416 e. The minimum absolute atomic E-state index is 0.0915. The van der Waals surface area contributed by atoms with E-state index in [1.54, 1.807) is 0 Å². The first-order valence-corrected chi connectivity index (χ1v) is 7.75. The summed E-state index contributed by atoms with van der Waals surface area (Å²) in [6, 6.07) is 7.98. The molecular formula is C17H13ClF4N2O2. The van der Waals surface area contributed by atoms with Crippen molar-refractivity contribution in [3.8, 4) is 0 Å². The monoisotopic (exact) mass is 388 g/mol. The van der Waals surface area contributed by atoms with E-state index in [1.165, 1.54) is 24.3 Å². The fourth-order valence-corrected chi connectivity index (χ4v) is 2.19. The van der Waals surface area contributed by atoms with E-state index >= 15 is 0 Å². The number of benzene rings is 2. The van der Waals surface area contributed by atoms with Gasteiger partial charge in [0.1, 0.15) is 5.82 Å². The summed E-state index contributed by atoms with van der Waals surface area (Å²) in [6.45, 7) is 0.0915. The largest absolute Gasteiger partial charge is 0.416 e. The molecule has 9 heteroatoms. The van der Waals surface area contributed by atoms with Crippen LogP contribution in [0.4, 0.5) is 23.2 Å². The van der Waals surface area contributed by atoms with E-state index in [1.807, 2.05) is 5.32 Å². The molecule has 0 heterocycles. The molecule has 4 nitrogen and oxygen atoms in total. The Morgan fingerprint density at radius 1 is 1.00 bits per heavy atom. The highest BCUT2D eigenvalue weighted by atomic mass is 35.5. The van der Waals surface area contributed by atoms with E-state index in [9.17, 15) is 27.2 Å². The lowest BCUT2D eigenvalue weighted by atomic mass is 10.1. The maximum atomic E-state index is 12.8. The van der Waals surface area contributed by atoms with E-state index in [0.717, 1.165) is 17.7 Å². The summed E-state index contributed by atoms with van der Waals surface area (Å²) < 4.78 is 50.9. The van der Waals surface area contributed by atoms with Crippen molar-refractivity contribution in [3.05, 3.63) is 64.4 Å². The molecule has 26 heavy (non-hydrogen) atoms. The zero-order chi connectivity index (χ0) is 19.3. The Labute approximate surface area is 151 Å². The molecule has 0 aliphatic carbocycles. The molecule has 0 radical (unpaired) electrons. The van der Waals surface area contributed by atoms with Crippen molar-refractivity contribution in [3.63, 3.8) is 0 Å². The van der Waals surface area contributed by atoms with Gasteiger partial charge in [0.25, 0.3) is 0 Å². The zero-order valence-corrected chi connectivity index (χ0v) is 13.9. The maximum absolute atomic E-state index is 12.8. The van der Waals surface area contributed by atoms with Crippen LogP contribution in [0.2, 0.25) is 5.02 Å². The summed E-state index contributed by atoms with van der Waals surface area (Å²) in [5.74, 6) is -2.57. The molecule has 0 aliphatic heterocycles. The van der Waals surface area contributed by atoms with Gasteiger partial charge in [-0.25, -0.2) is 4.39 Å². The summed E-state index contributed by atoms with van der Waals surface area (Å²) >= 11 is 5.75. The lowest BCUT2D eigenvalue weighted by Gasteiger charge is -2.11. The van der Waals surface area contributed by atoms with Gasteiger partial charge in [0.2, 0.25) is 0 Å². The third kappa shape index (κ3) is 5.45. The quantitative estimate of drug-likeness (QED) is 0.618. The number of carbonyl (C=O) groups excluding carboxylic acids is 2. The number of amides is 2. The highest BCUT2D eigenvalue weighted by molar-refractivity contribution is 6.41. The molecule has 0 spiro atoms. The van der Waals surface area contributed by atoms with Gasteiger partial charge in [-0.15, -0.1) is 0 Å². The molecule has 0 fully saturated rings. The zero-order valence-electron chi connectivity index (χ0n) is 13.2. The summed E-state index contributed by atoms with van der Waals surface area (Å²) in [4.78, 5) is 23.5. The molecule has 2 rings (SSSR count). The SMILES string of the molecule is O=C(NCCc1ccc(F)cc1)C(=O)Nc1cc(C(F)(F)F)ccc1Cl. The van der Waals surface area contributed by atoms with Crippen molar-refractivity contribution < 1.29 is 27.2 Å². The molecule has 0 atom stereocenters. The predicted molar refractivity (Wildman–Crippen MR) is 88.2 cm³/mol. The first-order chi connectivity index (χ1) is 12.2. The second-order valence-corrected chi connectivity index (χ2v) is 5.69. The van der Waals surface area contributed by atoms with Gasteiger partial charge in [-0.1, -0.05) is 23.7 Å². The van der Waals surface area contributed by atoms with Gasteiger partial charge in [-0.3, -0.25) is 9.59 Å². The normalized spacial score (nSPS) is 11.1. The van der Waals surface area contributed by atoms with Crippen LogP contribution in [0.3, 0.4) is 0 Å². The third-order valence-electron chi connectivity index (χ3n) is 3.36. The molecule has 0 saturated heterocycles. The Morgan fingerprint density at radius 3 is 2.27 bits per heavy atom. The van der Waals surface area contributed by atoms with Crippen molar-refractivity contribution in [2.75, 3.05) is 11.9 Å². The molecular weight excluding hydrogens is 376 g/mol. The fraction of sp³-hybridized carbons (Fsp3) is 0.176. The molecule has 0 unspecified atom stereocenters. The van der Waals surface area contributed by atoms with E-state index in [0.29, 0.717) is 12.5 Å². The highest BCUT2D eigenvalue weighted by Crippen LogP contribution is 2.33. The van der Waals surface area contributed by atoms with Crippen LogP contribution in [0.15, 0.2) is 42.5 Å². The lowest BCUT2D eigenvalue weighted by molar-refractivity contribution is -0.137. The Morgan fingerprint density at radius 2 is 1.65 bits per heavy atom. The molecule has 2 amide bonds. The number of alkyl halides is 3. The predicted octanol–water partition coefficient (Wildman–Crippen LogP) is 3.80. The average Bonchev–Trinajstić information content (AvgIpc) is 2.57. The summed E-state index contributed by atoms with van der Waals surface area (Å²) in [7, 11) is 0. The summed E-state index contributed by atoms with van der Waals surface area (Å²) in [5, 5.41) is 4.23. The van der Waals surface area contributed by atoms with Gasteiger partial charge in [-0.2, -0.15) is 13.2 Å². The van der Waals surface area contributed by atoms with Crippen molar-refractivity contribution in [2.24, 2.45) is 0 Å². The van der Waals surface area contributed by atoms with Gasteiger partial charge in [0.15, 0.2) is 0 Å². The van der Waals surface area contributed by atoms with Gasteiger partial charge in [0.05, 0.1) is 16.3 Å². The second-order valence-electron chi connectivity index (χ2n) is 5.28. The van der Waals surface area contributed by atoms with Gasteiger partial charge in [0, 0.05) is 6.54 Å². The van der Waals surface area contributed by atoms with Crippen LogP contribution in [-0.4, -0.2) is 18.4 Å². The fourth-order valence-electron chi connectivity index (χ4n) is 2.03. The Balaban J connectivity index is 1.92. The number of halogens is 5. The van der Waals surface area contributed by atoms with Crippen LogP contribution in [-0.2, 0) is 22.2 Å². The van der Waals surface area contributed by atoms with Crippen LogP contribution in [0, 0.1) is 5.82 Å². The van der Waals surface area contributed by atoms with E-state index in [2.05, 4.69) is 5.32 Å². The van der Waals surface area contributed by atoms with Crippen LogP contribution in [0.25, 0.3) is 0 Å².